The van der Waals surface area contributed by atoms with Gasteiger partial charge in [0.2, 0.25) is 0 Å². The van der Waals surface area contributed by atoms with Gasteiger partial charge in [0.1, 0.15) is 0 Å². The monoisotopic (exact) mass is 478 g/mol. The van der Waals surface area contributed by atoms with Gasteiger partial charge < -0.3 is 19.5 Å². The van der Waals surface area contributed by atoms with Gasteiger partial charge in [-0.1, -0.05) is 12.8 Å². The number of esters is 1. The summed E-state index contributed by atoms with van der Waals surface area (Å²) in [6.07, 6.45) is 6.66. The van der Waals surface area contributed by atoms with Gasteiger partial charge in [0.05, 0.1) is 13.2 Å². The standard InChI is InChI=1S/C19H34N4O2.HI/c1-5-20-19(23(4)16-17-12-11-15-22(17)3)21-14-10-8-7-9-13-18(24)25-6-2;/h11-12,15H,5-10,13-14,16H2,1-4H3,(H,20,21);1H. The number of guanidine groups is 1. The third kappa shape index (κ3) is 10.0. The van der Waals surface area contributed by atoms with Gasteiger partial charge in [-0.25, -0.2) is 0 Å². The zero-order valence-corrected chi connectivity index (χ0v) is 19.0. The van der Waals surface area contributed by atoms with Crippen molar-refractivity contribution >= 4 is 35.9 Å². The molecule has 0 saturated carbocycles. The number of rotatable bonds is 11. The quantitative estimate of drug-likeness (QED) is 0.174. The molecular formula is C19H35IN4O2. The number of ether oxygens (including phenoxy) is 1. The maximum atomic E-state index is 11.3. The maximum absolute atomic E-state index is 11.3. The summed E-state index contributed by atoms with van der Waals surface area (Å²) in [6.45, 7) is 6.88. The molecule has 6 nitrogen and oxygen atoms in total. The Bertz CT molecular complexity index is 531. The molecule has 0 amide bonds. The molecule has 0 unspecified atom stereocenters. The van der Waals surface area contributed by atoms with E-state index in [0.717, 1.165) is 51.3 Å². The Morgan fingerprint density at radius 1 is 1.27 bits per heavy atom. The molecule has 0 bridgehead atoms. The summed E-state index contributed by atoms with van der Waals surface area (Å²) in [5.74, 6) is 0.854. The molecule has 1 N–H and O–H groups in total. The molecule has 0 atom stereocenters. The molecule has 150 valence electrons. The molecule has 0 aliphatic carbocycles. The molecule has 0 aliphatic heterocycles. The number of nitrogens with one attached hydrogen (secondary N) is 1. The van der Waals surface area contributed by atoms with Crippen molar-refractivity contribution in [1.29, 1.82) is 0 Å². The number of unbranched alkanes of at least 4 members (excludes halogenated alkanes) is 3. The van der Waals surface area contributed by atoms with Crippen LogP contribution in [-0.2, 0) is 23.1 Å². The second-order valence-electron chi connectivity index (χ2n) is 6.17. The zero-order valence-electron chi connectivity index (χ0n) is 16.7. The first-order valence-corrected chi connectivity index (χ1v) is 9.33. The van der Waals surface area contributed by atoms with Gasteiger partial charge in [0, 0.05) is 45.5 Å². The van der Waals surface area contributed by atoms with Gasteiger partial charge in [0.15, 0.2) is 5.96 Å². The van der Waals surface area contributed by atoms with Crippen LogP contribution >= 0.6 is 24.0 Å². The fourth-order valence-corrected chi connectivity index (χ4v) is 2.60. The number of aryl methyl sites for hydroxylation is 1. The molecule has 0 spiro atoms. The van der Waals surface area contributed by atoms with Crippen LogP contribution in [-0.4, -0.2) is 48.1 Å². The van der Waals surface area contributed by atoms with Gasteiger partial charge in [-0.3, -0.25) is 9.79 Å². The number of aromatic nitrogens is 1. The van der Waals surface area contributed by atoms with Gasteiger partial charge in [0.25, 0.3) is 0 Å². The fourth-order valence-electron chi connectivity index (χ4n) is 2.60. The van der Waals surface area contributed by atoms with Gasteiger partial charge >= 0.3 is 5.97 Å². The van der Waals surface area contributed by atoms with E-state index in [9.17, 15) is 4.79 Å². The summed E-state index contributed by atoms with van der Waals surface area (Å²) >= 11 is 0. The van der Waals surface area contributed by atoms with Gasteiger partial charge in [-0.15, -0.1) is 24.0 Å². The molecule has 0 fully saturated rings. The molecule has 0 saturated heterocycles. The molecule has 1 aromatic heterocycles. The largest absolute Gasteiger partial charge is 0.466 e. The number of hydrogen-bond acceptors (Lipinski definition) is 3. The summed E-state index contributed by atoms with van der Waals surface area (Å²) in [6, 6.07) is 4.19. The Labute approximate surface area is 175 Å². The summed E-state index contributed by atoms with van der Waals surface area (Å²) in [7, 11) is 4.12. The van der Waals surface area contributed by atoms with Crippen LogP contribution in [0.15, 0.2) is 23.3 Å². The van der Waals surface area contributed by atoms with E-state index < -0.39 is 0 Å². The van der Waals surface area contributed by atoms with Crippen molar-refractivity contribution in [2.45, 2.75) is 52.5 Å². The molecular weight excluding hydrogens is 443 g/mol. The first-order chi connectivity index (χ1) is 12.1. The lowest BCUT2D eigenvalue weighted by molar-refractivity contribution is -0.143. The van der Waals surface area contributed by atoms with Crippen molar-refractivity contribution in [2.75, 3.05) is 26.7 Å². The lowest BCUT2D eigenvalue weighted by Crippen LogP contribution is -2.38. The van der Waals surface area contributed by atoms with E-state index in [1.807, 2.05) is 6.92 Å². The average Bonchev–Trinajstić information content (AvgIpc) is 2.98. The van der Waals surface area contributed by atoms with Crippen LogP contribution in [0.4, 0.5) is 0 Å². The van der Waals surface area contributed by atoms with E-state index in [1.54, 1.807) is 0 Å². The Morgan fingerprint density at radius 3 is 2.62 bits per heavy atom. The molecule has 1 rings (SSSR count). The molecule has 0 aliphatic rings. The molecule has 1 aromatic rings. The van der Waals surface area contributed by atoms with Crippen molar-refractivity contribution in [3.63, 3.8) is 0 Å². The van der Waals surface area contributed by atoms with Crippen LogP contribution in [0.1, 0.15) is 51.6 Å². The summed E-state index contributed by atoms with van der Waals surface area (Å²) in [5.41, 5.74) is 1.26. The van der Waals surface area contributed by atoms with E-state index in [2.05, 4.69) is 54.1 Å². The fraction of sp³-hybridized carbons (Fsp3) is 0.684. The minimum Gasteiger partial charge on any atom is -0.466 e. The Morgan fingerprint density at radius 2 is 2.00 bits per heavy atom. The predicted molar refractivity (Wildman–Crippen MR) is 118 cm³/mol. The SMILES string of the molecule is CCNC(=NCCCCCCC(=O)OCC)N(C)Cc1cccn1C.I. The van der Waals surface area contributed by atoms with E-state index in [0.29, 0.717) is 13.0 Å². The summed E-state index contributed by atoms with van der Waals surface area (Å²) < 4.78 is 7.06. The second kappa shape index (κ2) is 14.9. The van der Waals surface area contributed by atoms with Gasteiger partial charge in [-0.05, 0) is 38.8 Å². The molecule has 0 radical (unpaired) electrons. The summed E-state index contributed by atoms with van der Waals surface area (Å²) in [5, 5.41) is 3.35. The second-order valence-corrected chi connectivity index (χ2v) is 6.17. The smallest absolute Gasteiger partial charge is 0.305 e. The number of aliphatic imine (C=N–C) groups is 1. The normalized spacial score (nSPS) is 11.0. The molecule has 0 aromatic carbocycles. The minimum absolute atomic E-state index is 0. The van der Waals surface area contributed by atoms with Crippen LogP contribution in [0.25, 0.3) is 0 Å². The van der Waals surface area contributed by atoms with Crippen LogP contribution in [0.2, 0.25) is 0 Å². The topological polar surface area (TPSA) is 58.9 Å². The zero-order chi connectivity index (χ0) is 18.5. The number of carbonyl (C=O) groups excluding carboxylic acids is 1. The van der Waals surface area contributed by atoms with Crippen LogP contribution < -0.4 is 5.32 Å². The van der Waals surface area contributed by atoms with E-state index in [-0.39, 0.29) is 29.9 Å². The van der Waals surface area contributed by atoms with Crippen molar-refractivity contribution in [1.82, 2.24) is 14.8 Å². The number of carbonyl (C=O) groups is 1. The lowest BCUT2D eigenvalue weighted by atomic mass is 10.1. The highest BCUT2D eigenvalue weighted by Gasteiger charge is 2.08. The molecule has 1 heterocycles. The molecule has 26 heavy (non-hydrogen) atoms. The number of hydrogen-bond donors (Lipinski definition) is 1. The first kappa shape index (κ1) is 24.8. The van der Waals surface area contributed by atoms with E-state index in [1.165, 1.54) is 5.69 Å². The highest BCUT2D eigenvalue weighted by molar-refractivity contribution is 14.0. The highest BCUT2D eigenvalue weighted by Crippen LogP contribution is 2.06. The van der Waals surface area contributed by atoms with E-state index in [4.69, 9.17) is 9.73 Å². The Kier molecular flexibility index (Phi) is 14.2. The average molecular weight is 478 g/mol. The predicted octanol–water partition coefficient (Wildman–Crippen LogP) is 3.55. The number of halogens is 1. The minimum atomic E-state index is -0.0859. The first-order valence-electron chi connectivity index (χ1n) is 9.33. The maximum Gasteiger partial charge on any atom is 0.305 e. The Balaban J connectivity index is 0.00000625. The summed E-state index contributed by atoms with van der Waals surface area (Å²) in [4.78, 5) is 18.1. The van der Waals surface area contributed by atoms with Crippen molar-refractivity contribution in [2.24, 2.45) is 12.0 Å². The highest BCUT2D eigenvalue weighted by atomic mass is 127. The van der Waals surface area contributed by atoms with Crippen molar-refractivity contribution in [3.05, 3.63) is 24.0 Å². The van der Waals surface area contributed by atoms with E-state index >= 15 is 0 Å². The van der Waals surface area contributed by atoms with Crippen LogP contribution in [0.3, 0.4) is 0 Å². The Hall–Kier alpha value is -1.25. The van der Waals surface area contributed by atoms with Crippen LogP contribution in [0, 0.1) is 0 Å². The number of nitrogens with zero attached hydrogens (tertiary/aromatic N) is 3. The van der Waals surface area contributed by atoms with Crippen molar-refractivity contribution in [3.8, 4) is 0 Å². The molecule has 7 heteroatoms. The van der Waals surface area contributed by atoms with Gasteiger partial charge in [-0.2, -0.15) is 0 Å². The van der Waals surface area contributed by atoms with Crippen molar-refractivity contribution < 1.29 is 9.53 Å². The third-order valence-electron chi connectivity index (χ3n) is 4.00. The lowest BCUT2D eigenvalue weighted by Gasteiger charge is -2.22. The third-order valence-corrected chi connectivity index (χ3v) is 4.00. The van der Waals surface area contributed by atoms with Crippen LogP contribution in [0.5, 0.6) is 0 Å².